The molecule has 0 saturated carbocycles. The fourth-order valence-corrected chi connectivity index (χ4v) is 8.09. The summed E-state index contributed by atoms with van der Waals surface area (Å²) >= 11 is 1.76. The Morgan fingerprint density at radius 2 is 1.50 bits per heavy atom. The second-order valence-corrected chi connectivity index (χ2v) is 18.6. The molecule has 0 aliphatic heterocycles. The molecule has 0 bridgehead atoms. The molecule has 6 aromatic rings. The SMILES string of the molecule is CCC(C)(CC)C(=O)/C=C(\O)C(C)(CC)CC.Cc1cc2c(-c3ccc4oc(CC(C)C)c(C)c4c3)cc(-c3[c-]c4ccccc4c(C(C)(C)C)c3)nc2s1.[Ir]. The Labute approximate surface area is 353 Å². The van der Waals surface area contributed by atoms with Crippen LogP contribution in [0.3, 0.4) is 0 Å². The first-order valence-corrected chi connectivity index (χ1v) is 21.0. The minimum atomic E-state index is -0.337. The summed E-state index contributed by atoms with van der Waals surface area (Å²) in [4.78, 5) is 19.7. The number of aryl methyl sites for hydroxylation is 2. The predicted octanol–water partition coefficient (Wildman–Crippen LogP) is 15.1. The van der Waals surface area contributed by atoms with Gasteiger partial charge >= 0.3 is 0 Å². The van der Waals surface area contributed by atoms with Gasteiger partial charge in [-0.1, -0.05) is 117 Å². The van der Waals surface area contributed by atoms with Crippen LogP contribution in [0.5, 0.6) is 0 Å². The molecule has 0 aliphatic rings. The average molecular weight is 949 g/mol. The zero-order valence-corrected chi connectivity index (χ0v) is 39.1. The van der Waals surface area contributed by atoms with Crippen LogP contribution in [-0.4, -0.2) is 15.9 Å². The van der Waals surface area contributed by atoms with Gasteiger partial charge in [-0.05, 0) is 85.8 Å². The molecule has 6 heteroatoms. The summed E-state index contributed by atoms with van der Waals surface area (Å²) in [6.07, 6.45) is 5.71. The largest absolute Gasteiger partial charge is 0.512 e. The van der Waals surface area contributed by atoms with E-state index in [-0.39, 0.29) is 47.9 Å². The van der Waals surface area contributed by atoms with E-state index in [1.54, 1.807) is 11.3 Å². The van der Waals surface area contributed by atoms with Crippen LogP contribution in [0.2, 0.25) is 0 Å². The fraction of sp³-hybridized carbons (Fsp3) is 0.440. The summed E-state index contributed by atoms with van der Waals surface area (Å²) in [5.74, 6) is 1.94. The van der Waals surface area contributed by atoms with Crippen molar-refractivity contribution in [2.45, 2.75) is 128 Å². The number of aliphatic hydroxyl groups excluding tert-OH is 1. The Kier molecular flexibility index (Phi) is 14.4. The summed E-state index contributed by atoms with van der Waals surface area (Å²) in [7, 11) is 0. The molecule has 0 aliphatic carbocycles. The van der Waals surface area contributed by atoms with Gasteiger partial charge in [0, 0.05) is 64.8 Å². The topological polar surface area (TPSA) is 63.3 Å². The number of furan rings is 1. The zero-order valence-electron chi connectivity index (χ0n) is 35.9. The fourth-order valence-electron chi connectivity index (χ4n) is 7.19. The Morgan fingerprint density at radius 1 is 0.857 bits per heavy atom. The first-order valence-electron chi connectivity index (χ1n) is 20.2. The van der Waals surface area contributed by atoms with Crippen LogP contribution >= 0.6 is 11.3 Å². The third-order valence-corrected chi connectivity index (χ3v) is 13.0. The average Bonchev–Trinajstić information content (AvgIpc) is 3.69. The molecule has 3 heterocycles. The molecule has 0 amide bonds. The molecule has 1 radical (unpaired) electrons. The number of hydrogen-bond donors (Lipinski definition) is 1. The molecule has 0 atom stereocenters. The van der Waals surface area contributed by atoms with Crippen molar-refractivity contribution in [1.82, 2.24) is 4.98 Å². The van der Waals surface area contributed by atoms with Gasteiger partial charge in [0.25, 0.3) is 0 Å². The summed E-state index contributed by atoms with van der Waals surface area (Å²) in [6, 6.07) is 25.7. The molecule has 4 nitrogen and oxygen atoms in total. The van der Waals surface area contributed by atoms with E-state index in [0.717, 1.165) is 64.9 Å². The molecule has 56 heavy (non-hydrogen) atoms. The first kappa shape index (κ1) is 45.1. The number of aliphatic hydroxyl groups is 1. The number of carbonyl (C=O) groups is 1. The minimum absolute atomic E-state index is 0. The van der Waals surface area contributed by atoms with E-state index in [4.69, 9.17) is 9.40 Å². The van der Waals surface area contributed by atoms with Crippen LogP contribution in [-0.2, 0) is 36.7 Å². The molecule has 0 spiro atoms. The van der Waals surface area contributed by atoms with Gasteiger partial charge in [0.15, 0.2) is 5.78 Å². The number of ketones is 1. The van der Waals surface area contributed by atoms with Gasteiger partial charge in [-0.2, -0.15) is 0 Å². The maximum absolute atomic E-state index is 12.2. The van der Waals surface area contributed by atoms with E-state index in [2.05, 4.69) is 115 Å². The number of pyridine rings is 1. The van der Waals surface area contributed by atoms with Crippen molar-refractivity contribution in [2.75, 3.05) is 0 Å². The minimum Gasteiger partial charge on any atom is -0.512 e. The summed E-state index contributed by atoms with van der Waals surface area (Å²) in [5.41, 5.74) is 7.36. The Balaban J connectivity index is 0.000000330. The van der Waals surface area contributed by atoms with E-state index in [9.17, 15) is 9.90 Å². The van der Waals surface area contributed by atoms with E-state index in [0.29, 0.717) is 5.92 Å². The predicted molar refractivity (Wildman–Crippen MR) is 236 cm³/mol. The smallest absolute Gasteiger partial charge is 0.164 e. The van der Waals surface area contributed by atoms with Crippen LogP contribution in [0.15, 0.2) is 76.9 Å². The molecule has 301 valence electrons. The first-order chi connectivity index (χ1) is 25.9. The molecule has 0 saturated heterocycles. The number of benzene rings is 3. The van der Waals surface area contributed by atoms with Crippen molar-refractivity contribution >= 4 is 49.1 Å². The monoisotopic (exact) mass is 949 g/mol. The molecular formula is C50H62IrNO3S-. The van der Waals surface area contributed by atoms with E-state index >= 15 is 0 Å². The van der Waals surface area contributed by atoms with Crippen molar-refractivity contribution in [3.8, 4) is 22.4 Å². The van der Waals surface area contributed by atoms with Crippen molar-refractivity contribution in [3.63, 3.8) is 0 Å². The van der Waals surface area contributed by atoms with Crippen molar-refractivity contribution in [1.29, 1.82) is 0 Å². The Morgan fingerprint density at radius 3 is 2.11 bits per heavy atom. The van der Waals surface area contributed by atoms with Gasteiger partial charge in [0.05, 0.1) is 0 Å². The third kappa shape index (κ3) is 9.41. The number of fused-ring (bicyclic) bond motifs is 3. The summed E-state index contributed by atoms with van der Waals surface area (Å²) in [5, 5.41) is 14.9. The quantitative estimate of drug-likeness (QED) is 0.0798. The second-order valence-electron chi connectivity index (χ2n) is 17.4. The van der Waals surface area contributed by atoms with Crippen LogP contribution in [0.4, 0.5) is 0 Å². The van der Waals surface area contributed by atoms with Gasteiger partial charge in [-0.15, -0.1) is 40.5 Å². The number of rotatable bonds is 11. The molecule has 6 rings (SSSR count). The molecule has 3 aromatic heterocycles. The molecule has 1 N–H and O–H groups in total. The number of aromatic nitrogens is 1. The normalized spacial score (nSPS) is 12.6. The van der Waals surface area contributed by atoms with Gasteiger partial charge < -0.3 is 9.52 Å². The maximum atomic E-state index is 12.2. The van der Waals surface area contributed by atoms with Gasteiger partial charge in [-0.3, -0.25) is 9.78 Å². The number of nitrogens with zero attached hydrogens (tertiary/aromatic N) is 1. The zero-order chi connectivity index (χ0) is 40.5. The van der Waals surface area contributed by atoms with Crippen molar-refractivity contribution in [3.05, 3.63) is 100 Å². The summed E-state index contributed by atoms with van der Waals surface area (Å²) < 4.78 is 6.26. The van der Waals surface area contributed by atoms with Gasteiger partial charge in [-0.25, -0.2) is 0 Å². The van der Waals surface area contributed by atoms with Crippen molar-refractivity contribution < 1.29 is 34.4 Å². The second kappa shape index (κ2) is 17.9. The van der Waals surface area contributed by atoms with E-state index < -0.39 is 0 Å². The Hall–Kier alpha value is -3.57. The third-order valence-electron chi connectivity index (χ3n) is 12.0. The van der Waals surface area contributed by atoms with Crippen LogP contribution in [0, 0.1) is 36.7 Å². The standard InChI is InChI=1S/C35H34NOS.C15H28O2.Ir/c1-20(2)14-33-22(4)27-17-24(12-13-32(27)37-33)28-19-31(36-34-29(28)15-21(3)38-34)25-16-23-10-8-9-11-26(23)30(18-25)35(5,6)7;1-7-14(5,8-2)12(16)11-13(17)15(6,9-3)10-4;/h8-13,15,17-20H,14H2,1-7H3;11,16H,7-10H2,1-6H3;/q-1;;/b;12-11-;. The summed E-state index contributed by atoms with van der Waals surface area (Å²) in [6.45, 7) is 27.7. The Bertz CT molecular complexity index is 2340. The molecule has 0 unspecified atom stereocenters. The number of allylic oxidation sites excluding steroid dienone is 2. The molecule has 0 fully saturated rings. The van der Waals surface area contributed by atoms with Crippen molar-refractivity contribution in [2.24, 2.45) is 16.7 Å². The van der Waals surface area contributed by atoms with E-state index in [1.807, 2.05) is 41.5 Å². The number of thiophene rings is 1. The van der Waals surface area contributed by atoms with Crippen LogP contribution in [0.1, 0.15) is 124 Å². The van der Waals surface area contributed by atoms with Crippen LogP contribution < -0.4 is 0 Å². The maximum Gasteiger partial charge on any atom is 0.164 e. The molecular weight excluding hydrogens is 887 g/mol. The van der Waals surface area contributed by atoms with Gasteiger partial charge in [0.1, 0.15) is 21.9 Å². The number of carbonyl (C=O) groups excluding carboxylic acids is 1. The van der Waals surface area contributed by atoms with E-state index in [1.165, 1.54) is 49.4 Å². The number of hydrogen-bond acceptors (Lipinski definition) is 5. The van der Waals surface area contributed by atoms with Gasteiger partial charge in [0.2, 0.25) is 0 Å². The molecule has 3 aromatic carbocycles. The van der Waals surface area contributed by atoms with Crippen LogP contribution in [0.25, 0.3) is 54.3 Å².